The quantitative estimate of drug-likeness (QED) is 0.493. The predicted molar refractivity (Wildman–Crippen MR) is 115 cm³/mol. The van der Waals surface area contributed by atoms with E-state index in [1.54, 1.807) is 0 Å². The van der Waals surface area contributed by atoms with Gasteiger partial charge in [0.05, 0.1) is 24.4 Å². The lowest BCUT2D eigenvalue weighted by Crippen LogP contribution is -2.09. The van der Waals surface area contributed by atoms with Gasteiger partial charge < -0.3 is 18.9 Å². The molecule has 0 fully saturated rings. The van der Waals surface area contributed by atoms with Crippen molar-refractivity contribution in [1.82, 2.24) is 0 Å². The Kier molecular flexibility index (Phi) is 7.61. The van der Waals surface area contributed by atoms with Gasteiger partial charge in [-0.1, -0.05) is 0 Å². The molecule has 2 rings (SSSR count). The molecule has 4 nitrogen and oxygen atoms in total. The van der Waals surface area contributed by atoms with Gasteiger partial charge in [-0.25, -0.2) is 0 Å². The second-order valence-corrected chi connectivity index (χ2v) is 8.05. The molecule has 2 aromatic rings. The normalized spacial score (nSPS) is 11.4. The van der Waals surface area contributed by atoms with Gasteiger partial charge in [0, 0.05) is 12.1 Å². The Hall–Kier alpha value is -2.36. The molecule has 0 bridgehead atoms. The molecule has 28 heavy (non-hydrogen) atoms. The molecule has 0 atom stereocenters. The van der Waals surface area contributed by atoms with Gasteiger partial charge in [-0.15, -0.1) is 0 Å². The van der Waals surface area contributed by atoms with Crippen molar-refractivity contribution in [2.75, 3.05) is 0 Å². The third-order valence-electron chi connectivity index (χ3n) is 3.58. The van der Waals surface area contributed by atoms with Gasteiger partial charge in [0.2, 0.25) is 0 Å². The van der Waals surface area contributed by atoms with Crippen molar-refractivity contribution in [3.8, 4) is 34.1 Å². The van der Waals surface area contributed by atoms with Crippen LogP contribution in [0.1, 0.15) is 55.4 Å². The molecule has 154 valence electrons. The monoisotopic (exact) mass is 386 g/mol. The second-order valence-electron chi connectivity index (χ2n) is 8.05. The summed E-state index contributed by atoms with van der Waals surface area (Å²) in [4.78, 5) is 0. The lowest BCUT2D eigenvalue weighted by molar-refractivity contribution is 0.228. The van der Waals surface area contributed by atoms with Crippen LogP contribution in [0.15, 0.2) is 36.4 Å². The Bertz CT molecular complexity index is 641. The Morgan fingerprint density at radius 3 is 0.786 bits per heavy atom. The highest BCUT2D eigenvalue weighted by Gasteiger charge is 2.12. The molecular weight excluding hydrogens is 352 g/mol. The lowest BCUT2D eigenvalue weighted by Gasteiger charge is -2.18. The van der Waals surface area contributed by atoms with Crippen LogP contribution in [0.4, 0.5) is 0 Å². The molecule has 0 radical (unpaired) electrons. The van der Waals surface area contributed by atoms with Crippen LogP contribution in [0.5, 0.6) is 23.0 Å². The molecular formula is C24H34O4. The maximum atomic E-state index is 5.95. The number of hydrogen-bond donors (Lipinski definition) is 0. The molecule has 0 amide bonds. The van der Waals surface area contributed by atoms with Crippen molar-refractivity contribution in [3.05, 3.63) is 36.4 Å². The molecule has 0 aliphatic carbocycles. The molecule has 0 N–H and O–H groups in total. The maximum Gasteiger partial charge on any atom is 0.123 e. The summed E-state index contributed by atoms with van der Waals surface area (Å²) in [5.41, 5.74) is 1.99. The molecule has 0 spiro atoms. The average Bonchev–Trinajstić information content (AvgIpc) is 2.51. The number of hydrogen-bond acceptors (Lipinski definition) is 4. The Labute approximate surface area is 169 Å². The minimum absolute atomic E-state index is 0.0811. The largest absolute Gasteiger partial charge is 0.491 e. The summed E-state index contributed by atoms with van der Waals surface area (Å²) in [6.07, 6.45) is 0.324. The smallest absolute Gasteiger partial charge is 0.123 e. The first kappa shape index (κ1) is 21.9. The van der Waals surface area contributed by atoms with E-state index in [0.717, 1.165) is 34.1 Å². The van der Waals surface area contributed by atoms with Crippen LogP contribution in [0.25, 0.3) is 11.1 Å². The number of ether oxygens (including phenoxy) is 4. The van der Waals surface area contributed by atoms with Gasteiger partial charge in [-0.05, 0) is 90.8 Å². The summed E-state index contributed by atoms with van der Waals surface area (Å²) >= 11 is 0. The molecule has 2 aromatic carbocycles. The first-order valence-electron chi connectivity index (χ1n) is 10.1. The van der Waals surface area contributed by atoms with E-state index in [9.17, 15) is 0 Å². The highest BCUT2D eigenvalue weighted by molar-refractivity contribution is 5.70. The summed E-state index contributed by atoms with van der Waals surface area (Å²) in [6, 6.07) is 12.0. The van der Waals surface area contributed by atoms with E-state index >= 15 is 0 Å². The highest BCUT2D eigenvalue weighted by atomic mass is 16.5. The van der Waals surface area contributed by atoms with Gasteiger partial charge >= 0.3 is 0 Å². The van der Waals surface area contributed by atoms with Crippen molar-refractivity contribution in [1.29, 1.82) is 0 Å². The fourth-order valence-corrected chi connectivity index (χ4v) is 2.84. The zero-order valence-corrected chi connectivity index (χ0v) is 18.4. The molecule has 4 heteroatoms. The van der Waals surface area contributed by atoms with Crippen molar-refractivity contribution in [2.24, 2.45) is 0 Å². The first-order chi connectivity index (χ1) is 13.1. The van der Waals surface area contributed by atoms with E-state index in [-0.39, 0.29) is 24.4 Å². The van der Waals surface area contributed by atoms with Crippen LogP contribution in [0.2, 0.25) is 0 Å². The predicted octanol–water partition coefficient (Wildman–Crippen LogP) is 6.50. The summed E-state index contributed by atoms with van der Waals surface area (Å²) < 4.78 is 23.8. The SMILES string of the molecule is CC(C)Oc1cc(OC(C)C)cc(-c2cc(OC(C)C)cc(OC(C)C)c2)c1. The Balaban J connectivity index is 2.53. The second kappa shape index (κ2) is 9.72. The van der Waals surface area contributed by atoms with Gasteiger partial charge in [0.1, 0.15) is 23.0 Å². The van der Waals surface area contributed by atoms with Gasteiger partial charge in [0.15, 0.2) is 0 Å². The van der Waals surface area contributed by atoms with Crippen LogP contribution < -0.4 is 18.9 Å². The minimum atomic E-state index is 0.0811. The summed E-state index contributed by atoms with van der Waals surface area (Å²) in [5, 5.41) is 0. The van der Waals surface area contributed by atoms with Crippen molar-refractivity contribution in [3.63, 3.8) is 0 Å². The number of rotatable bonds is 9. The molecule has 0 saturated carbocycles. The Morgan fingerprint density at radius 2 is 0.607 bits per heavy atom. The highest BCUT2D eigenvalue weighted by Crippen LogP contribution is 2.35. The molecule has 0 aliphatic heterocycles. The zero-order valence-electron chi connectivity index (χ0n) is 18.4. The lowest BCUT2D eigenvalue weighted by atomic mass is 10.0. The van der Waals surface area contributed by atoms with Crippen LogP contribution in [-0.4, -0.2) is 24.4 Å². The van der Waals surface area contributed by atoms with E-state index < -0.39 is 0 Å². The van der Waals surface area contributed by atoms with E-state index in [2.05, 4.69) is 0 Å². The van der Waals surface area contributed by atoms with E-state index in [1.807, 2.05) is 91.8 Å². The molecule has 0 aromatic heterocycles. The zero-order chi connectivity index (χ0) is 20.8. The molecule has 0 aliphatic rings. The fraction of sp³-hybridized carbons (Fsp3) is 0.500. The minimum Gasteiger partial charge on any atom is -0.491 e. The standard InChI is InChI=1S/C24H34O4/c1-15(2)25-21-9-19(10-22(13-21)26-16(3)4)20-11-23(27-17(5)6)14-24(12-20)28-18(7)8/h9-18H,1-8H3. The molecule has 0 heterocycles. The van der Waals surface area contributed by atoms with Crippen LogP contribution in [0, 0.1) is 0 Å². The molecule has 0 saturated heterocycles. The van der Waals surface area contributed by atoms with Crippen molar-refractivity contribution in [2.45, 2.75) is 79.8 Å². The third kappa shape index (κ3) is 6.99. The first-order valence-corrected chi connectivity index (χ1v) is 10.1. The summed E-state index contributed by atoms with van der Waals surface area (Å²) in [6.45, 7) is 16.1. The van der Waals surface area contributed by atoms with Crippen molar-refractivity contribution < 1.29 is 18.9 Å². The van der Waals surface area contributed by atoms with Crippen LogP contribution in [-0.2, 0) is 0 Å². The van der Waals surface area contributed by atoms with Gasteiger partial charge in [-0.3, -0.25) is 0 Å². The van der Waals surface area contributed by atoms with E-state index in [1.165, 1.54) is 0 Å². The van der Waals surface area contributed by atoms with Gasteiger partial charge in [0.25, 0.3) is 0 Å². The summed E-state index contributed by atoms with van der Waals surface area (Å²) in [5.74, 6) is 3.13. The van der Waals surface area contributed by atoms with Gasteiger partial charge in [-0.2, -0.15) is 0 Å². The molecule has 0 unspecified atom stereocenters. The fourth-order valence-electron chi connectivity index (χ4n) is 2.84. The maximum absolute atomic E-state index is 5.95. The van der Waals surface area contributed by atoms with Crippen LogP contribution in [0.3, 0.4) is 0 Å². The van der Waals surface area contributed by atoms with E-state index in [0.29, 0.717) is 0 Å². The topological polar surface area (TPSA) is 36.9 Å². The average molecular weight is 387 g/mol. The third-order valence-corrected chi connectivity index (χ3v) is 3.58. The van der Waals surface area contributed by atoms with Crippen LogP contribution >= 0.6 is 0 Å². The Morgan fingerprint density at radius 1 is 0.393 bits per heavy atom. The van der Waals surface area contributed by atoms with Crippen molar-refractivity contribution >= 4 is 0 Å². The summed E-state index contributed by atoms with van der Waals surface area (Å²) in [7, 11) is 0. The van der Waals surface area contributed by atoms with E-state index in [4.69, 9.17) is 18.9 Å². The number of benzene rings is 2.